The number of anilines is 2. The van der Waals surface area contributed by atoms with Crippen LogP contribution < -0.4 is 4.90 Å². The van der Waals surface area contributed by atoms with Crippen molar-refractivity contribution in [3.05, 3.63) is 41.4 Å². The van der Waals surface area contributed by atoms with E-state index < -0.39 is 0 Å². The molecule has 2 heterocycles. The molecule has 0 fully saturated rings. The van der Waals surface area contributed by atoms with Gasteiger partial charge in [0.15, 0.2) is 0 Å². The number of halogens is 1. The van der Waals surface area contributed by atoms with E-state index in [0.29, 0.717) is 17.9 Å². The summed E-state index contributed by atoms with van der Waals surface area (Å²) in [6, 6.07) is 7.24. The van der Waals surface area contributed by atoms with Gasteiger partial charge in [-0.1, -0.05) is 0 Å². The zero-order valence-corrected chi connectivity index (χ0v) is 12.2. The number of amides is 1. The first kappa shape index (κ1) is 13.5. The number of fused-ring (bicyclic) bond motifs is 1. The summed E-state index contributed by atoms with van der Waals surface area (Å²) in [6.07, 6.45) is 2.19. The van der Waals surface area contributed by atoms with Gasteiger partial charge in [-0.05, 0) is 42.8 Å². The monoisotopic (exact) mass is 301 g/mol. The average molecular weight is 302 g/mol. The van der Waals surface area contributed by atoms with Gasteiger partial charge in [0.2, 0.25) is 11.7 Å². The minimum Gasteiger partial charge on any atom is -0.278 e. The van der Waals surface area contributed by atoms with E-state index >= 15 is 0 Å². The number of carbonyl (C=O) groups is 1. The molecule has 1 amide bonds. The summed E-state index contributed by atoms with van der Waals surface area (Å²) in [6.45, 7) is 2.00. The van der Waals surface area contributed by atoms with Crippen molar-refractivity contribution >= 4 is 40.4 Å². The molecular formula is C14H12ClN5O. The molecule has 3 rings (SSSR count). The summed E-state index contributed by atoms with van der Waals surface area (Å²) in [5.74, 6) is 0.414. The Labute approximate surface area is 126 Å². The summed E-state index contributed by atoms with van der Waals surface area (Å²) in [4.78, 5) is 20.7. The molecule has 0 saturated heterocycles. The van der Waals surface area contributed by atoms with Crippen molar-refractivity contribution in [2.45, 2.75) is 6.92 Å². The fraction of sp³-hybridized carbons (Fsp3) is 0.143. The molecule has 7 heteroatoms. The molecule has 0 aliphatic heterocycles. The zero-order chi connectivity index (χ0) is 15.0. The highest BCUT2D eigenvalue weighted by atomic mass is 35.5. The Balaban J connectivity index is 2.11. The van der Waals surface area contributed by atoms with E-state index in [4.69, 9.17) is 11.6 Å². The van der Waals surface area contributed by atoms with Gasteiger partial charge in [0, 0.05) is 24.3 Å². The molecule has 0 radical (unpaired) electrons. The number of carbonyl (C=O) groups excluding carboxylic acids is 1. The van der Waals surface area contributed by atoms with Crippen LogP contribution in [0, 0.1) is 6.92 Å². The fourth-order valence-corrected chi connectivity index (χ4v) is 2.32. The van der Waals surface area contributed by atoms with Crippen molar-refractivity contribution in [2.75, 3.05) is 4.90 Å². The standard InChI is InChI=1S/C14H12ClN5O/c1-9-11-4-3-10(7-12(11)18-19(9)2)20(8-21)13-5-6-16-14(15)17-13/h3-8H,1-2H3. The number of benzene rings is 1. The normalized spacial score (nSPS) is 10.8. The molecule has 1 aromatic carbocycles. The summed E-state index contributed by atoms with van der Waals surface area (Å²) in [5.41, 5.74) is 2.56. The van der Waals surface area contributed by atoms with Gasteiger partial charge in [0.1, 0.15) is 5.82 Å². The topological polar surface area (TPSA) is 63.9 Å². The van der Waals surface area contributed by atoms with Crippen LogP contribution in [0.5, 0.6) is 0 Å². The third-order valence-corrected chi connectivity index (χ3v) is 3.54. The molecule has 21 heavy (non-hydrogen) atoms. The van der Waals surface area contributed by atoms with Crippen molar-refractivity contribution in [3.8, 4) is 0 Å². The van der Waals surface area contributed by atoms with Gasteiger partial charge >= 0.3 is 0 Å². The quantitative estimate of drug-likeness (QED) is 0.551. The van der Waals surface area contributed by atoms with Crippen LogP contribution >= 0.6 is 11.6 Å². The SMILES string of the molecule is Cc1c2ccc(N(C=O)c3ccnc(Cl)n3)cc2nn1C. The summed E-state index contributed by atoms with van der Waals surface area (Å²) >= 11 is 5.77. The second kappa shape index (κ2) is 5.14. The number of rotatable bonds is 3. The fourth-order valence-electron chi connectivity index (χ4n) is 2.18. The van der Waals surface area contributed by atoms with E-state index in [1.165, 1.54) is 11.1 Å². The lowest BCUT2D eigenvalue weighted by molar-refractivity contribution is -0.106. The van der Waals surface area contributed by atoms with Gasteiger partial charge in [0.05, 0.1) is 11.2 Å². The number of aryl methyl sites for hydroxylation is 2. The van der Waals surface area contributed by atoms with Crippen LogP contribution in [0.15, 0.2) is 30.5 Å². The first-order valence-electron chi connectivity index (χ1n) is 6.26. The van der Waals surface area contributed by atoms with Crippen molar-refractivity contribution < 1.29 is 4.79 Å². The highest BCUT2D eigenvalue weighted by Gasteiger charge is 2.13. The maximum atomic E-state index is 11.4. The molecular weight excluding hydrogens is 290 g/mol. The number of aromatic nitrogens is 4. The van der Waals surface area contributed by atoms with Crippen LogP contribution in [0.1, 0.15) is 5.69 Å². The van der Waals surface area contributed by atoms with Crippen LogP contribution in [0.2, 0.25) is 5.28 Å². The molecule has 0 bridgehead atoms. The van der Waals surface area contributed by atoms with E-state index in [0.717, 1.165) is 16.6 Å². The van der Waals surface area contributed by atoms with E-state index in [1.807, 2.05) is 32.2 Å². The number of hydrogen-bond acceptors (Lipinski definition) is 4. The second-order valence-corrected chi connectivity index (χ2v) is 4.91. The minimum atomic E-state index is 0.0918. The van der Waals surface area contributed by atoms with E-state index in [2.05, 4.69) is 15.1 Å². The Morgan fingerprint density at radius 3 is 2.86 bits per heavy atom. The van der Waals surface area contributed by atoms with Gasteiger partial charge in [-0.2, -0.15) is 10.1 Å². The van der Waals surface area contributed by atoms with Crippen LogP contribution in [0.3, 0.4) is 0 Å². The van der Waals surface area contributed by atoms with Crippen LogP contribution in [-0.4, -0.2) is 26.2 Å². The average Bonchev–Trinajstić information content (AvgIpc) is 2.75. The van der Waals surface area contributed by atoms with Gasteiger partial charge in [0.25, 0.3) is 0 Å². The molecule has 0 spiro atoms. The van der Waals surface area contributed by atoms with Crippen molar-refractivity contribution in [1.29, 1.82) is 0 Å². The first-order valence-corrected chi connectivity index (χ1v) is 6.64. The van der Waals surface area contributed by atoms with Crippen LogP contribution in [0.4, 0.5) is 11.5 Å². The first-order chi connectivity index (χ1) is 10.1. The molecule has 0 aliphatic rings. The molecule has 0 N–H and O–H groups in total. The van der Waals surface area contributed by atoms with Gasteiger partial charge < -0.3 is 0 Å². The highest BCUT2D eigenvalue weighted by Crippen LogP contribution is 2.27. The van der Waals surface area contributed by atoms with E-state index in [-0.39, 0.29) is 5.28 Å². The lowest BCUT2D eigenvalue weighted by Crippen LogP contribution is -2.15. The number of hydrogen-bond donors (Lipinski definition) is 0. The largest absolute Gasteiger partial charge is 0.278 e. The highest BCUT2D eigenvalue weighted by molar-refractivity contribution is 6.28. The zero-order valence-electron chi connectivity index (χ0n) is 11.5. The summed E-state index contributed by atoms with van der Waals surface area (Å²) in [7, 11) is 1.89. The predicted molar refractivity (Wildman–Crippen MR) is 80.7 cm³/mol. The van der Waals surface area contributed by atoms with Crippen molar-refractivity contribution in [1.82, 2.24) is 19.7 Å². The summed E-state index contributed by atoms with van der Waals surface area (Å²) in [5, 5.41) is 5.56. The van der Waals surface area contributed by atoms with Gasteiger partial charge in [-0.15, -0.1) is 0 Å². The lowest BCUT2D eigenvalue weighted by atomic mass is 10.2. The predicted octanol–water partition coefficient (Wildman–Crippen LogP) is 2.62. The molecule has 0 aliphatic carbocycles. The van der Waals surface area contributed by atoms with Crippen LogP contribution in [-0.2, 0) is 11.8 Å². The molecule has 0 saturated carbocycles. The Kier molecular flexibility index (Phi) is 3.31. The van der Waals surface area contributed by atoms with E-state index in [1.54, 1.807) is 10.7 Å². The lowest BCUT2D eigenvalue weighted by Gasteiger charge is -2.16. The Bertz CT molecular complexity index is 829. The Morgan fingerprint density at radius 2 is 2.14 bits per heavy atom. The maximum absolute atomic E-state index is 11.4. The molecule has 106 valence electrons. The van der Waals surface area contributed by atoms with E-state index in [9.17, 15) is 4.79 Å². The van der Waals surface area contributed by atoms with Gasteiger partial charge in [-0.25, -0.2) is 4.98 Å². The minimum absolute atomic E-state index is 0.0918. The molecule has 0 atom stereocenters. The Morgan fingerprint density at radius 1 is 1.33 bits per heavy atom. The second-order valence-electron chi connectivity index (χ2n) is 4.57. The third-order valence-electron chi connectivity index (χ3n) is 3.36. The summed E-state index contributed by atoms with van der Waals surface area (Å²) < 4.78 is 1.81. The molecule has 6 nitrogen and oxygen atoms in total. The van der Waals surface area contributed by atoms with Crippen molar-refractivity contribution in [3.63, 3.8) is 0 Å². The Hall–Kier alpha value is -2.47. The number of nitrogens with zero attached hydrogens (tertiary/aromatic N) is 5. The van der Waals surface area contributed by atoms with Crippen molar-refractivity contribution in [2.24, 2.45) is 7.05 Å². The van der Waals surface area contributed by atoms with Gasteiger partial charge in [-0.3, -0.25) is 14.4 Å². The van der Waals surface area contributed by atoms with Crippen LogP contribution in [0.25, 0.3) is 10.9 Å². The maximum Gasteiger partial charge on any atom is 0.224 e. The molecule has 3 aromatic rings. The molecule has 0 unspecified atom stereocenters. The third kappa shape index (κ3) is 2.34. The smallest absolute Gasteiger partial charge is 0.224 e. The molecule has 2 aromatic heterocycles.